The molecular weight excluding hydrogens is 246 g/mol. The van der Waals surface area contributed by atoms with Crippen LogP contribution >= 0.6 is 0 Å². The Labute approximate surface area is 125 Å². The first-order chi connectivity index (χ1) is 9.56. The average molecular weight is 277 g/mol. The average Bonchev–Trinajstić information content (AvgIpc) is 2.45. The van der Waals surface area contributed by atoms with E-state index < -0.39 is 0 Å². The molecule has 0 radical (unpaired) electrons. The Morgan fingerprint density at radius 1 is 1.05 bits per heavy atom. The first-order valence-corrected chi connectivity index (χ1v) is 7.78. The van der Waals surface area contributed by atoms with E-state index in [-0.39, 0.29) is 0 Å². The summed E-state index contributed by atoms with van der Waals surface area (Å²) in [5.74, 6) is 0. The summed E-state index contributed by atoms with van der Waals surface area (Å²) in [5, 5.41) is 3.59. The highest BCUT2D eigenvalue weighted by Gasteiger charge is 2.04. The van der Waals surface area contributed by atoms with E-state index >= 15 is 0 Å². The van der Waals surface area contributed by atoms with Gasteiger partial charge in [-0.3, -0.25) is 0 Å². The molecule has 1 rings (SSSR count). The topological polar surface area (TPSA) is 18.5 Å². The maximum Gasteiger partial charge on any atom is 0.0366 e. The number of hydrogen-bond acceptors (Lipinski definition) is 3. The fourth-order valence-corrected chi connectivity index (χ4v) is 2.26. The van der Waals surface area contributed by atoms with E-state index in [4.69, 9.17) is 0 Å². The van der Waals surface area contributed by atoms with E-state index in [1.807, 2.05) is 0 Å². The van der Waals surface area contributed by atoms with Crippen LogP contribution in [0.15, 0.2) is 24.3 Å². The second kappa shape index (κ2) is 8.98. The molecule has 1 aromatic rings. The minimum Gasteiger partial charge on any atom is -0.372 e. The van der Waals surface area contributed by atoms with Crippen molar-refractivity contribution in [2.75, 3.05) is 38.6 Å². The molecule has 0 fully saturated rings. The van der Waals surface area contributed by atoms with Crippen molar-refractivity contribution in [1.82, 2.24) is 10.2 Å². The van der Waals surface area contributed by atoms with Gasteiger partial charge in [-0.1, -0.05) is 12.1 Å². The zero-order valence-electron chi connectivity index (χ0n) is 13.8. The van der Waals surface area contributed by atoms with E-state index in [9.17, 15) is 0 Å². The summed E-state index contributed by atoms with van der Waals surface area (Å²) in [6.07, 6.45) is 1.19. The molecule has 1 atom stereocenters. The van der Waals surface area contributed by atoms with Crippen LogP contribution in [-0.4, -0.2) is 44.7 Å². The fraction of sp³-hybridized carbons (Fsp3) is 0.647. The highest BCUT2D eigenvalue weighted by molar-refractivity contribution is 5.47. The van der Waals surface area contributed by atoms with Crippen LogP contribution in [0.5, 0.6) is 0 Å². The largest absolute Gasteiger partial charge is 0.372 e. The van der Waals surface area contributed by atoms with E-state index in [1.165, 1.54) is 17.7 Å². The lowest BCUT2D eigenvalue weighted by atomic mass is 10.1. The van der Waals surface area contributed by atoms with Crippen molar-refractivity contribution in [3.8, 4) is 0 Å². The molecule has 0 aliphatic heterocycles. The Balaban J connectivity index is 2.41. The van der Waals surface area contributed by atoms with Gasteiger partial charge < -0.3 is 15.1 Å². The Kier molecular flexibility index (Phi) is 7.63. The van der Waals surface area contributed by atoms with E-state index in [0.29, 0.717) is 6.04 Å². The summed E-state index contributed by atoms with van der Waals surface area (Å²) >= 11 is 0. The maximum absolute atomic E-state index is 3.59. The van der Waals surface area contributed by atoms with Crippen molar-refractivity contribution in [2.24, 2.45) is 0 Å². The van der Waals surface area contributed by atoms with Gasteiger partial charge in [0.05, 0.1) is 0 Å². The lowest BCUT2D eigenvalue weighted by molar-refractivity contribution is 0.365. The van der Waals surface area contributed by atoms with Crippen LogP contribution < -0.4 is 10.2 Å². The standard InChI is InChI=1S/C17H31N3/c1-6-20(7-2)17-10-8-16(9-11-17)14-18-15(3)12-13-19(4)5/h8-11,15,18H,6-7,12-14H2,1-5H3. The zero-order valence-corrected chi connectivity index (χ0v) is 13.8. The van der Waals surface area contributed by atoms with Crippen molar-refractivity contribution in [1.29, 1.82) is 0 Å². The van der Waals surface area contributed by atoms with Crippen molar-refractivity contribution in [2.45, 2.75) is 39.8 Å². The smallest absolute Gasteiger partial charge is 0.0366 e. The molecular formula is C17H31N3. The maximum atomic E-state index is 3.59. The van der Waals surface area contributed by atoms with Crippen LogP contribution in [-0.2, 0) is 6.54 Å². The molecule has 0 heterocycles. The van der Waals surface area contributed by atoms with Crippen molar-refractivity contribution in [3.05, 3.63) is 29.8 Å². The number of anilines is 1. The number of nitrogens with zero attached hydrogens (tertiary/aromatic N) is 2. The van der Waals surface area contributed by atoms with Crippen LogP contribution in [0.25, 0.3) is 0 Å². The summed E-state index contributed by atoms with van der Waals surface area (Å²) in [6, 6.07) is 9.49. The third kappa shape index (κ3) is 5.93. The summed E-state index contributed by atoms with van der Waals surface area (Å²) in [4.78, 5) is 4.61. The predicted octanol–water partition coefficient (Wildman–Crippen LogP) is 2.96. The monoisotopic (exact) mass is 277 g/mol. The normalized spacial score (nSPS) is 12.7. The van der Waals surface area contributed by atoms with Crippen molar-refractivity contribution < 1.29 is 0 Å². The molecule has 1 N–H and O–H groups in total. The van der Waals surface area contributed by atoms with Gasteiger partial charge in [-0.25, -0.2) is 0 Å². The molecule has 0 aliphatic rings. The van der Waals surface area contributed by atoms with Gasteiger partial charge in [0.15, 0.2) is 0 Å². The van der Waals surface area contributed by atoms with Crippen LogP contribution in [0, 0.1) is 0 Å². The Morgan fingerprint density at radius 2 is 1.65 bits per heavy atom. The van der Waals surface area contributed by atoms with Crippen LogP contribution in [0.1, 0.15) is 32.8 Å². The predicted molar refractivity (Wildman–Crippen MR) is 89.5 cm³/mol. The summed E-state index contributed by atoms with van der Waals surface area (Å²) in [7, 11) is 4.25. The van der Waals surface area contributed by atoms with Gasteiger partial charge in [-0.05, 0) is 65.5 Å². The Bertz CT molecular complexity index is 355. The highest BCUT2D eigenvalue weighted by atomic mass is 15.1. The molecule has 0 amide bonds. The van der Waals surface area contributed by atoms with Crippen LogP contribution in [0.3, 0.4) is 0 Å². The van der Waals surface area contributed by atoms with Gasteiger partial charge in [-0.15, -0.1) is 0 Å². The van der Waals surface area contributed by atoms with Crippen LogP contribution in [0.2, 0.25) is 0 Å². The zero-order chi connectivity index (χ0) is 15.0. The molecule has 1 aromatic carbocycles. The molecule has 0 saturated carbocycles. The number of benzene rings is 1. The second-order valence-corrected chi connectivity index (χ2v) is 5.71. The third-order valence-corrected chi connectivity index (χ3v) is 3.73. The summed E-state index contributed by atoms with van der Waals surface area (Å²) in [6.45, 7) is 10.9. The van der Waals surface area contributed by atoms with Gasteiger partial charge in [0, 0.05) is 31.4 Å². The van der Waals surface area contributed by atoms with Crippen molar-refractivity contribution >= 4 is 5.69 Å². The van der Waals surface area contributed by atoms with Gasteiger partial charge in [-0.2, -0.15) is 0 Å². The minimum atomic E-state index is 0.555. The molecule has 0 bridgehead atoms. The first-order valence-electron chi connectivity index (χ1n) is 7.78. The van der Waals surface area contributed by atoms with E-state index in [0.717, 1.165) is 26.2 Å². The molecule has 0 aromatic heterocycles. The molecule has 20 heavy (non-hydrogen) atoms. The second-order valence-electron chi connectivity index (χ2n) is 5.71. The highest BCUT2D eigenvalue weighted by Crippen LogP contribution is 2.14. The van der Waals surface area contributed by atoms with E-state index in [1.54, 1.807) is 0 Å². The summed E-state index contributed by atoms with van der Waals surface area (Å²) in [5.41, 5.74) is 2.68. The SMILES string of the molecule is CCN(CC)c1ccc(CNC(C)CCN(C)C)cc1. The Hall–Kier alpha value is -1.06. The van der Waals surface area contributed by atoms with Crippen molar-refractivity contribution in [3.63, 3.8) is 0 Å². The number of hydrogen-bond donors (Lipinski definition) is 1. The molecule has 114 valence electrons. The molecule has 1 unspecified atom stereocenters. The van der Waals surface area contributed by atoms with Gasteiger partial charge >= 0.3 is 0 Å². The third-order valence-electron chi connectivity index (χ3n) is 3.73. The van der Waals surface area contributed by atoms with Gasteiger partial charge in [0.2, 0.25) is 0 Å². The molecule has 0 saturated heterocycles. The van der Waals surface area contributed by atoms with Crippen LogP contribution in [0.4, 0.5) is 5.69 Å². The van der Waals surface area contributed by atoms with E-state index in [2.05, 4.69) is 74.2 Å². The summed E-state index contributed by atoms with van der Waals surface area (Å²) < 4.78 is 0. The molecule has 0 spiro atoms. The minimum absolute atomic E-state index is 0.555. The van der Waals surface area contributed by atoms with Gasteiger partial charge in [0.1, 0.15) is 0 Å². The lowest BCUT2D eigenvalue weighted by Gasteiger charge is -2.21. The molecule has 3 nitrogen and oxygen atoms in total. The van der Waals surface area contributed by atoms with Gasteiger partial charge in [0.25, 0.3) is 0 Å². The quantitative estimate of drug-likeness (QED) is 0.748. The fourth-order valence-electron chi connectivity index (χ4n) is 2.26. The number of rotatable bonds is 9. The first kappa shape index (κ1) is 17.0. The lowest BCUT2D eigenvalue weighted by Crippen LogP contribution is -2.29. The Morgan fingerprint density at radius 3 is 2.15 bits per heavy atom. The molecule has 0 aliphatic carbocycles. The number of nitrogens with one attached hydrogen (secondary N) is 1. The molecule has 3 heteroatoms.